The molecule has 0 aromatic heterocycles. The van der Waals surface area contributed by atoms with Crippen molar-refractivity contribution in [3.05, 3.63) is 59.9 Å². The lowest BCUT2D eigenvalue weighted by Crippen LogP contribution is -2.71. The molecule has 0 saturated heterocycles. The third-order valence-corrected chi connectivity index (χ3v) is 4.64. The molecule has 1 aliphatic heterocycles. The van der Waals surface area contributed by atoms with Crippen LogP contribution in [-0.4, -0.2) is 31.5 Å². The number of carbonyl (C=O) groups excluding carboxylic acids is 1. The van der Waals surface area contributed by atoms with E-state index >= 15 is 0 Å². The summed E-state index contributed by atoms with van der Waals surface area (Å²) in [5.74, 6) is -0.0227. The summed E-state index contributed by atoms with van der Waals surface area (Å²) in [6.45, 7) is 2.77. The third-order valence-electron chi connectivity index (χ3n) is 4.64. The molecule has 5 nitrogen and oxygen atoms in total. The average Bonchev–Trinajstić information content (AvgIpc) is 3.02. The van der Waals surface area contributed by atoms with Gasteiger partial charge in [0.2, 0.25) is 0 Å². The van der Waals surface area contributed by atoms with Crippen molar-refractivity contribution in [2.45, 2.75) is 26.2 Å². The van der Waals surface area contributed by atoms with Gasteiger partial charge in [-0.15, -0.1) is 0 Å². The fraction of sp³-hybridized carbons (Fsp3) is 0.318. The Labute approximate surface area is 164 Å². The van der Waals surface area contributed by atoms with E-state index in [4.69, 9.17) is 4.74 Å². The first-order chi connectivity index (χ1) is 13.6. The second kappa shape index (κ2) is 9.26. The molecule has 0 unspecified atom stereocenters. The monoisotopic (exact) mass is 382 g/mol. The molecule has 0 bridgehead atoms. The van der Waals surface area contributed by atoms with Gasteiger partial charge >= 0.3 is 0 Å². The highest BCUT2D eigenvalue weighted by atomic mass is 19.1. The lowest BCUT2D eigenvalue weighted by molar-refractivity contribution is -0.452. The number of rotatable bonds is 8. The Morgan fingerprint density at radius 2 is 1.86 bits per heavy atom. The zero-order valence-corrected chi connectivity index (χ0v) is 16.2. The Morgan fingerprint density at radius 1 is 1.14 bits per heavy atom. The van der Waals surface area contributed by atoms with E-state index in [0.29, 0.717) is 12.2 Å². The fourth-order valence-electron chi connectivity index (χ4n) is 3.12. The van der Waals surface area contributed by atoms with Crippen LogP contribution >= 0.6 is 0 Å². The van der Waals surface area contributed by atoms with Gasteiger partial charge in [-0.2, -0.15) is 10.1 Å². The summed E-state index contributed by atoms with van der Waals surface area (Å²) in [7, 11) is 1.65. The van der Waals surface area contributed by atoms with Crippen LogP contribution in [0.1, 0.15) is 25.3 Å². The van der Waals surface area contributed by atoms with Gasteiger partial charge in [-0.25, -0.2) is 4.39 Å². The number of hydrogen-bond acceptors (Lipinski definition) is 3. The number of hydrazone groups is 1. The topological polar surface area (TPSA) is 55.9 Å². The van der Waals surface area contributed by atoms with Gasteiger partial charge in [0.15, 0.2) is 12.1 Å². The number of halogens is 1. The Bertz CT molecular complexity index is 860. The fourth-order valence-corrected chi connectivity index (χ4v) is 3.12. The number of hydrogen-bond donors (Lipinski definition) is 1. The predicted molar refractivity (Wildman–Crippen MR) is 108 cm³/mol. The minimum atomic E-state index is -0.402. The summed E-state index contributed by atoms with van der Waals surface area (Å²) in [5, 5.41) is 5.86. The second-order valence-corrected chi connectivity index (χ2v) is 6.66. The summed E-state index contributed by atoms with van der Waals surface area (Å²) in [6.07, 6.45) is 4.30. The van der Waals surface area contributed by atoms with Crippen LogP contribution in [0.2, 0.25) is 0 Å². The van der Waals surface area contributed by atoms with Crippen molar-refractivity contribution in [3.63, 3.8) is 0 Å². The van der Waals surface area contributed by atoms with E-state index in [9.17, 15) is 9.18 Å². The summed E-state index contributed by atoms with van der Waals surface area (Å²) < 4.78 is 18.3. The SMILES string of the molecule is CCCC1=NN(c2ccc(F)cc2)C(=O)[C@@H]1C=[NH+]CCc1ccc(OC)cc1. The molecule has 2 aromatic rings. The molecule has 1 amide bonds. The van der Waals surface area contributed by atoms with Gasteiger partial charge in [0.05, 0.1) is 18.5 Å². The zero-order valence-electron chi connectivity index (χ0n) is 16.2. The maximum atomic E-state index is 13.2. The standard InChI is InChI=1S/C22H24FN3O2/c1-3-4-21-20(15-24-14-13-16-5-11-19(28-2)12-6-16)22(27)26(25-21)18-9-7-17(23)8-10-18/h5-12,15,20H,3-4,13-14H2,1-2H3/p+1/t20-/m1/s1. The molecule has 1 atom stereocenters. The van der Waals surface area contributed by atoms with E-state index in [1.807, 2.05) is 30.5 Å². The van der Waals surface area contributed by atoms with Crippen LogP contribution in [-0.2, 0) is 11.2 Å². The van der Waals surface area contributed by atoms with Crippen molar-refractivity contribution in [2.24, 2.45) is 11.0 Å². The Hall–Kier alpha value is -3.02. The van der Waals surface area contributed by atoms with E-state index in [0.717, 1.165) is 30.7 Å². The molecular formula is C22H25FN3O2+. The van der Waals surface area contributed by atoms with E-state index in [-0.39, 0.29) is 11.7 Å². The smallest absolute Gasteiger partial charge is 0.266 e. The average molecular weight is 382 g/mol. The van der Waals surface area contributed by atoms with Crippen LogP contribution in [0.5, 0.6) is 5.75 Å². The molecule has 146 valence electrons. The van der Waals surface area contributed by atoms with E-state index in [1.165, 1.54) is 22.7 Å². The minimum Gasteiger partial charge on any atom is -0.497 e. The number of nitrogens with zero attached hydrogens (tertiary/aromatic N) is 2. The number of carbonyl (C=O) groups is 1. The van der Waals surface area contributed by atoms with E-state index < -0.39 is 5.92 Å². The Kier molecular flexibility index (Phi) is 6.53. The minimum absolute atomic E-state index is 0.119. The number of nitrogens with one attached hydrogen (secondary N) is 1. The summed E-state index contributed by atoms with van der Waals surface area (Å²) in [4.78, 5) is 16.1. The number of methoxy groups -OCH3 is 1. The molecule has 1 aliphatic rings. The molecule has 28 heavy (non-hydrogen) atoms. The molecule has 0 saturated carbocycles. The molecule has 0 aliphatic carbocycles. The summed E-state index contributed by atoms with van der Waals surface area (Å²) >= 11 is 0. The van der Waals surface area contributed by atoms with Crippen molar-refractivity contribution in [1.29, 1.82) is 0 Å². The van der Waals surface area contributed by atoms with Gasteiger partial charge in [0, 0.05) is 6.42 Å². The molecule has 2 aromatic carbocycles. The van der Waals surface area contributed by atoms with E-state index in [1.54, 1.807) is 19.2 Å². The second-order valence-electron chi connectivity index (χ2n) is 6.66. The van der Waals surface area contributed by atoms with Crippen molar-refractivity contribution in [1.82, 2.24) is 0 Å². The zero-order chi connectivity index (χ0) is 19.9. The lowest BCUT2D eigenvalue weighted by atomic mass is 10.0. The maximum absolute atomic E-state index is 13.2. The van der Waals surface area contributed by atoms with Crippen molar-refractivity contribution in [2.75, 3.05) is 18.7 Å². The molecule has 1 heterocycles. The first kappa shape index (κ1) is 19.7. The third kappa shape index (κ3) is 4.63. The van der Waals surface area contributed by atoms with Crippen molar-refractivity contribution < 1.29 is 18.9 Å². The van der Waals surface area contributed by atoms with E-state index in [2.05, 4.69) is 17.0 Å². The van der Waals surface area contributed by atoms with Gasteiger partial charge in [0.25, 0.3) is 5.91 Å². The normalized spacial score (nSPS) is 16.7. The molecule has 1 N–H and O–H groups in total. The molecular weight excluding hydrogens is 357 g/mol. The van der Waals surface area contributed by atoms with Crippen molar-refractivity contribution in [3.8, 4) is 5.75 Å². The van der Waals surface area contributed by atoms with Gasteiger partial charge in [-0.1, -0.05) is 25.5 Å². The molecule has 0 fully saturated rings. The number of anilines is 1. The van der Waals surface area contributed by atoms with Crippen molar-refractivity contribution >= 4 is 23.5 Å². The molecule has 3 rings (SSSR count). The molecule has 6 heteroatoms. The predicted octanol–water partition coefficient (Wildman–Crippen LogP) is 2.35. The Morgan fingerprint density at radius 3 is 2.50 bits per heavy atom. The highest BCUT2D eigenvalue weighted by molar-refractivity contribution is 6.23. The highest BCUT2D eigenvalue weighted by Crippen LogP contribution is 2.24. The Balaban J connectivity index is 1.65. The van der Waals surface area contributed by atoms with Gasteiger partial charge < -0.3 is 4.74 Å². The van der Waals surface area contributed by atoms with Gasteiger partial charge in [0.1, 0.15) is 18.1 Å². The first-order valence-electron chi connectivity index (χ1n) is 9.49. The number of ether oxygens (including phenoxy) is 1. The summed E-state index contributed by atoms with van der Waals surface area (Å²) in [6, 6.07) is 13.7. The summed E-state index contributed by atoms with van der Waals surface area (Å²) in [5.41, 5.74) is 2.60. The highest BCUT2D eigenvalue weighted by Gasteiger charge is 2.36. The van der Waals surface area contributed by atoms with Crippen LogP contribution in [0.15, 0.2) is 53.6 Å². The van der Waals surface area contributed by atoms with Crippen LogP contribution in [0.25, 0.3) is 0 Å². The number of benzene rings is 2. The lowest BCUT2D eigenvalue weighted by Gasteiger charge is -2.11. The first-order valence-corrected chi connectivity index (χ1v) is 9.49. The number of amides is 1. The van der Waals surface area contributed by atoms with Gasteiger partial charge in [-0.05, 0) is 48.4 Å². The molecule has 0 radical (unpaired) electrons. The largest absolute Gasteiger partial charge is 0.497 e. The van der Waals surface area contributed by atoms with Crippen LogP contribution in [0, 0.1) is 11.7 Å². The maximum Gasteiger partial charge on any atom is 0.266 e. The van der Waals surface area contributed by atoms with Crippen LogP contribution in [0.3, 0.4) is 0 Å². The van der Waals surface area contributed by atoms with Gasteiger partial charge in [-0.3, -0.25) is 9.79 Å². The quantitative estimate of drug-likeness (QED) is 0.713. The van der Waals surface area contributed by atoms with Crippen LogP contribution < -0.4 is 14.7 Å². The van der Waals surface area contributed by atoms with Crippen LogP contribution in [0.4, 0.5) is 10.1 Å². The molecule has 0 spiro atoms.